The lowest BCUT2D eigenvalue weighted by molar-refractivity contribution is 0.0122. The van der Waals surface area contributed by atoms with Gasteiger partial charge in [0.25, 0.3) is 0 Å². The second-order valence-corrected chi connectivity index (χ2v) is 16.6. The van der Waals surface area contributed by atoms with E-state index in [1.165, 1.54) is 0 Å². The van der Waals surface area contributed by atoms with E-state index in [4.69, 9.17) is 29.4 Å². The lowest BCUT2D eigenvalue weighted by atomic mass is 9.95. The Bertz CT molecular complexity index is 1970. The first-order valence-electron chi connectivity index (χ1n) is 17.3. The van der Waals surface area contributed by atoms with Crippen molar-refractivity contribution in [3.8, 4) is 17.3 Å². The summed E-state index contributed by atoms with van der Waals surface area (Å²) in [6.07, 6.45) is 4.34. The van der Waals surface area contributed by atoms with E-state index in [1.807, 2.05) is 46.4 Å². The third kappa shape index (κ3) is 5.57. The van der Waals surface area contributed by atoms with Crippen molar-refractivity contribution in [2.24, 2.45) is 0 Å². The lowest BCUT2D eigenvalue weighted by Crippen LogP contribution is -2.57. The van der Waals surface area contributed by atoms with Crippen molar-refractivity contribution in [2.45, 2.75) is 103 Å². The maximum atomic E-state index is 17.0. The fraction of sp³-hybridized carbons (Fsp3) is 0.583. The Balaban J connectivity index is 1.21. The highest BCUT2D eigenvalue weighted by Gasteiger charge is 2.50. The highest BCUT2D eigenvalue weighted by atomic mass is 32.1. The highest BCUT2D eigenvalue weighted by molar-refractivity contribution is 7.18. The standard InChI is InChI=1S/C36H43F2N7O3S/c1-19-12-26-30(40-21(3)49-26)27(20(19)2)31-28(38)29-25(14-39-31)32(42-33(41-29)47-18-36-10-7-11-44(36)15-22(37)13-36)43-16-23-8-9-24(17-43)45(23)34(46)48-35(4,5)6/h12,14,22-24H,7-11,13,15-18H2,1-6H3/t22-,23?,24?,36+/m1/s1. The molecule has 7 heterocycles. The number of aryl methyl sites for hydroxylation is 2. The van der Waals surface area contributed by atoms with Gasteiger partial charge in [0.1, 0.15) is 35.4 Å². The Labute approximate surface area is 288 Å². The van der Waals surface area contributed by atoms with Crippen LogP contribution in [0.2, 0.25) is 0 Å². The molecular weight excluding hydrogens is 649 g/mol. The molecule has 2 unspecified atom stereocenters. The Hall–Kier alpha value is -3.71. The number of carbonyl (C=O) groups excluding carboxylic acids is 1. The van der Waals surface area contributed by atoms with Gasteiger partial charge >= 0.3 is 12.1 Å². The van der Waals surface area contributed by atoms with Crippen LogP contribution >= 0.6 is 11.3 Å². The van der Waals surface area contributed by atoms with Gasteiger partial charge in [-0.25, -0.2) is 18.6 Å². The summed E-state index contributed by atoms with van der Waals surface area (Å²) >= 11 is 1.57. The molecule has 4 fully saturated rings. The topological polar surface area (TPSA) is 96.8 Å². The van der Waals surface area contributed by atoms with E-state index in [0.717, 1.165) is 58.6 Å². The van der Waals surface area contributed by atoms with Crippen LogP contribution in [0.15, 0.2) is 12.3 Å². The molecule has 260 valence electrons. The molecule has 0 radical (unpaired) electrons. The summed E-state index contributed by atoms with van der Waals surface area (Å²) in [4.78, 5) is 38.4. The van der Waals surface area contributed by atoms with Gasteiger partial charge in [-0.05, 0) is 91.0 Å². The zero-order valence-corrected chi connectivity index (χ0v) is 29.8. The average Bonchev–Trinajstić information content (AvgIpc) is 3.75. The number of anilines is 1. The number of hydrogen-bond acceptors (Lipinski definition) is 10. The van der Waals surface area contributed by atoms with Gasteiger partial charge < -0.3 is 14.4 Å². The number of benzene rings is 1. The molecule has 1 aromatic carbocycles. The van der Waals surface area contributed by atoms with Crippen LogP contribution < -0.4 is 9.64 Å². The monoisotopic (exact) mass is 691 g/mol. The number of amides is 1. The van der Waals surface area contributed by atoms with E-state index in [1.54, 1.807) is 17.5 Å². The largest absolute Gasteiger partial charge is 0.461 e. The molecule has 13 heteroatoms. The van der Waals surface area contributed by atoms with E-state index < -0.39 is 23.1 Å². The quantitative estimate of drug-likeness (QED) is 0.221. The first-order chi connectivity index (χ1) is 23.3. The van der Waals surface area contributed by atoms with Crippen molar-refractivity contribution in [1.29, 1.82) is 0 Å². The van der Waals surface area contributed by atoms with E-state index >= 15 is 4.39 Å². The number of rotatable bonds is 5. The van der Waals surface area contributed by atoms with Crippen LogP contribution in [-0.2, 0) is 4.74 Å². The van der Waals surface area contributed by atoms with Crippen molar-refractivity contribution >= 4 is 44.4 Å². The van der Waals surface area contributed by atoms with Crippen LogP contribution in [0.25, 0.3) is 32.4 Å². The first kappa shape index (κ1) is 32.5. The van der Waals surface area contributed by atoms with Crippen molar-refractivity contribution in [2.75, 3.05) is 37.7 Å². The average molecular weight is 692 g/mol. The Kier molecular flexibility index (Phi) is 7.75. The highest BCUT2D eigenvalue weighted by Crippen LogP contribution is 2.43. The lowest BCUT2D eigenvalue weighted by Gasteiger charge is -2.42. The van der Waals surface area contributed by atoms with Gasteiger partial charge in [0, 0.05) is 37.8 Å². The zero-order valence-electron chi connectivity index (χ0n) is 29.0. The minimum atomic E-state index is -0.899. The van der Waals surface area contributed by atoms with Crippen LogP contribution in [0.4, 0.5) is 19.4 Å². The third-order valence-corrected chi connectivity index (χ3v) is 11.7. The van der Waals surface area contributed by atoms with Gasteiger partial charge in [-0.1, -0.05) is 0 Å². The van der Waals surface area contributed by atoms with E-state index in [-0.39, 0.29) is 42.0 Å². The van der Waals surface area contributed by atoms with Gasteiger partial charge in [0.05, 0.1) is 38.2 Å². The second-order valence-electron chi connectivity index (χ2n) is 15.3. The fourth-order valence-corrected chi connectivity index (χ4v) is 9.46. The van der Waals surface area contributed by atoms with Crippen LogP contribution in [0.5, 0.6) is 6.01 Å². The molecule has 4 atom stereocenters. The van der Waals surface area contributed by atoms with Gasteiger partial charge in [-0.15, -0.1) is 11.3 Å². The van der Waals surface area contributed by atoms with Crippen molar-refractivity contribution in [3.63, 3.8) is 0 Å². The summed E-state index contributed by atoms with van der Waals surface area (Å²) in [5.41, 5.74) is 2.61. The summed E-state index contributed by atoms with van der Waals surface area (Å²) in [6.45, 7) is 14.0. The van der Waals surface area contributed by atoms with E-state index in [2.05, 4.69) is 15.9 Å². The molecule has 4 aromatic rings. The summed E-state index contributed by atoms with van der Waals surface area (Å²) in [6, 6.07) is 1.98. The molecule has 8 rings (SSSR count). The molecule has 0 saturated carbocycles. The number of ether oxygens (including phenoxy) is 2. The number of halogens is 2. The minimum Gasteiger partial charge on any atom is -0.461 e. The number of pyridine rings is 1. The molecule has 0 N–H and O–H groups in total. The number of thiazole rings is 1. The molecule has 3 aromatic heterocycles. The molecule has 4 saturated heterocycles. The van der Waals surface area contributed by atoms with Crippen LogP contribution in [0, 0.1) is 26.6 Å². The van der Waals surface area contributed by atoms with Crippen molar-refractivity contribution in [3.05, 3.63) is 34.2 Å². The summed E-state index contributed by atoms with van der Waals surface area (Å²) < 4.78 is 44.7. The number of aromatic nitrogens is 4. The second kappa shape index (κ2) is 11.7. The van der Waals surface area contributed by atoms with Gasteiger partial charge in [-0.3, -0.25) is 14.8 Å². The summed E-state index contributed by atoms with van der Waals surface area (Å²) in [5, 5.41) is 1.37. The zero-order chi connectivity index (χ0) is 34.4. The molecule has 2 bridgehead atoms. The molecule has 1 amide bonds. The minimum absolute atomic E-state index is 0.0552. The Morgan fingerprint density at radius 2 is 1.84 bits per heavy atom. The Morgan fingerprint density at radius 3 is 2.57 bits per heavy atom. The fourth-order valence-electron chi connectivity index (χ4n) is 8.53. The van der Waals surface area contributed by atoms with Gasteiger partial charge in [0.2, 0.25) is 0 Å². The maximum absolute atomic E-state index is 17.0. The number of nitrogens with zero attached hydrogens (tertiary/aromatic N) is 7. The molecule has 10 nitrogen and oxygen atoms in total. The van der Waals surface area contributed by atoms with Crippen LogP contribution in [0.1, 0.15) is 69.0 Å². The predicted octanol–water partition coefficient (Wildman–Crippen LogP) is 6.91. The predicted molar refractivity (Wildman–Crippen MR) is 186 cm³/mol. The van der Waals surface area contributed by atoms with Crippen LogP contribution in [0.3, 0.4) is 0 Å². The molecular formula is C36H43F2N7O3S. The number of alkyl halides is 1. The SMILES string of the molecule is Cc1nc2c(-c3ncc4c(N5CC6CCC(C5)N6C(=O)OC(C)(C)C)nc(OC[C@@]56CCCN5C[C@H](F)C6)nc4c3F)c(C)c(C)cc2s1. The number of fused-ring (bicyclic) bond motifs is 5. The summed E-state index contributed by atoms with van der Waals surface area (Å²) in [5.74, 6) is -0.0442. The van der Waals surface area contributed by atoms with Crippen molar-refractivity contribution in [1.82, 2.24) is 29.7 Å². The van der Waals surface area contributed by atoms with E-state index in [0.29, 0.717) is 42.8 Å². The van der Waals surface area contributed by atoms with Crippen molar-refractivity contribution < 1.29 is 23.0 Å². The number of carbonyl (C=O) groups is 1. The third-order valence-electron chi connectivity index (χ3n) is 10.8. The number of piperazine rings is 1. The smallest absolute Gasteiger partial charge is 0.410 e. The molecule has 4 aliphatic heterocycles. The normalized spacial score (nSPS) is 25.5. The van der Waals surface area contributed by atoms with E-state index in [9.17, 15) is 9.18 Å². The molecule has 4 aliphatic rings. The van der Waals surface area contributed by atoms with Gasteiger partial charge in [0.15, 0.2) is 5.82 Å². The molecule has 0 aliphatic carbocycles. The molecule has 49 heavy (non-hydrogen) atoms. The number of hydrogen-bond donors (Lipinski definition) is 0. The summed E-state index contributed by atoms with van der Waals surface area (Å²) in [7, 11) is 0. The van der Waals surface area contributed by atoms with Crippen LogP contribution in [-0.4, -0.2) is 98.0 Å². The Morgan fingerprint density at radius 1 is 1.08 bits per heavy atom. The maximum Gasteiger partial charge on any atom is 0.410 e. The van der Waals surface area contributed by atoms with Gasteiger partial charge in [-0.2, -0.15) is 9.97 Å². The first-order valence-corrected chi connectivity index (χ1v) is 18.1. The molecule has 0 spiro atoms.